The molecule has 1 aromatic heterocycles. The van der Waals surface area contributed by atoms with Crippen LogP contribution in [-0.4, -0.2) is 40.7 Å². The van der Waals surface area contributed by atoms with Crippen LogP contribution in [0.1, 0.15) is 39.7 Å². The van der Waals surface area contributed by atoms with Gasteiger partial charge in [0.15, 0.2) is 5.78 Å². The van der Waals surface area contributed by atoms with E-state index < -0.39 is 29.7 Å². The fourth-order valence-electron chi connectivity index (χ4n) is 4.91. The second-order valence-corrected chi connectivity index (χ2v) is 10.0. The Balaban J connectivity index is 1.62. The lowest BCUT2D eigenvalue weighted by molar-refractivity contribution is -0.274. The van der Waals surface area contributed by atoms with Crippen LogP contribution in [0, 0.1) is 6.92 Å². The van der Waals surface area contributed by atoms with Gasteiger partial charge in [-0.15, -0.1) is 13.2 Å². The maximum Gasteiger partial charge on any atom is 0.573 e. The van der Waals surface area contributed by atoms with Gasteiger partial charge >= 0.3 is 12.5 Å². The summed E-state index contributed by atoms with van der Waals surface area (Å²) >= 11 is 5.98. The van der Waals surface area contributed by atoms with Gasteiger partial charge < -0.3 is 14.0 Å². The van der Waals surface area contributed by atoms with Crippen molar-refractivity contribution in [1.82, 2.24) is 9.47 Å². The predicted octanol–water partition coefficient (Wildman–Crippen LogP) is 6.60. The van der Waals surface area contributed by atoms with Gasteiger partial charge in [0.25, 0.3) is 5.91 Å². The number of hydrogen-bond acceptors (Lipinski definition) is 5. The molecule has 0 aliphatic carbocycles. The van der Waals surface area contributed by atoms with E-state index >= 15 is 0 Å². The summed E-state index contributed by atoms with van der Waals surface area (Å²) in [5.41, 5.74) is 1.10. The van der Waals surface area contributed by atoms with Crippen molar-refractivity contribution in [2.24, 2.45) is 0 Å². The molecule has 0 unspecified atom stereocenters. The Morgan fingerprint density at radius 3 is 2.38 bits per heavy atom. The molecule has 1 aliphatic rings. The number of rotatable bonds is 6. The van der Waals surface area contributed by atoms with Gasteiger partial charge in [0, 0.05) is 46.9 Å². The predicted molar refractivity (Wildman–Crippen MR) is 140 cm³/mol. The molecular formula is C29H22ClF3N2O5. The molecule has 7 nitrogen and oxygen atoms in total. The van der Waals surface area contributed by atoms with E-state index in [9.17, 15) is 27.6 Å². The highest BCUT2D eigenvalue weighted by Gasteiger charge is 2.50. The molecule has 1 fully saturated rings. The average molecular weight is 571 g/mol. The highest BCUT2D eigenvalue weighted by molar-refractivity contribution is 6.30. The van der Waals surface area contributed by atoms with Crippen LogP contribution in [-0.2, 0) is 21.7 Å². The summed E-state index contributed by atoms with van der Waals surface area (Å²) < 4.78 is 50.3. The van der Waals surface area contributed by atoms with Crippen LogP contribution in [0.5, 0.6) is 5.75 Å². The molecule has 4 aromatic rings. The zero-order valence-electron chi connectivity index (χ0n) is 21.5. The van der Waals surface area contributed by atoms with Gasteiger partial charge in [-0.2, -0.15) is 0 Å². The maximum atomic E-state index is 13.6. The van der Waals surface area contributed by atoms with E-state index in [0.717, 1.165) is 11.0 Å². The number of hydrogen-bond donors (Lipinski definition) is 0. The number of ketones is 1. The zero-order valence-corrected chi connectivity index (χ0v) is 22.3. The molecule has 11 heteroatoms. The summed E-state index contributed by atoms with van der Waals surface area (Å²) in [5.74, 6) is -1.28. The largest absolute Gasteiger partial charge is 0.573 e. The molecule has 1 saturated heterocycles. The molecule has 40 heavy (non-hydrogen) atoms. The zero-order chi connectivity index (χ0) is 29.0. The van der Waals surface area contributed by atoms with Crippen molar-refractivity contribution in [1.29, 1.82) is 0 Å². The van der Waals surface area contributed by atoms with Crippen molar-refractivity contribution in [3.05, 3.63) is 99.7 Å². The van der Waals surface area contributed by atoms with Crippen LogP contribution in [0.25, 0.3) is 10.9 Å². The number of benzene rings is 3. The summed E-state index contributed by atoms with van der Waals surface area (Å²) in [7, 11) is 1.33. The minimum atomic E-state index is -4.90. The third-order valence-corrected chi connectivity index (χ3v) is 7.21. The Bertz CT molecular complexity index is 1680. The number of halogens is 4. The Labute approximate surface area is 231 Å². The third-order valence-electron chi connectivity index (χ3n) is 6.96. The van der Waals surface area contributed by atoms with E-state index in [-0.39, 0.29) is 12.3 Å². The van der Waals surface area contributed by atoms with Crippen LogP contribution in [0.4, 0.5) is 18.0 Å². The fourth-order valence-corrected chi connectivity index (χ4v) is 5.04. The Morgan fingerprint density at radius 2 is 1.75 bits per heavy atom. The summed E-state index contributed by atoms with van der Waals surface area (Å²) in [5, 5.41) is 0.896. The number of fused-ring (bicyclic) bond motifs is 1. The van der Waals surface area contributed by atoms with E-state index in [4.69, 9.17) is 16.3 Å². The first-order valence-electron chi connectivity index (χ1n) is 12.1. The van der Waals surface area contributed by atoms with Gasteiger partial charge in [0.2, 0.25) is 5.60 Å². The maximum absolute atomic E-state index is 13.6. The van der Waals surface area contributed by atoms with Gasteiger partial charge in [0.05, 0.1) is 11.1 Å². The van der Waals surface area contributed by atoms with Crippen molar-refractivity contribution in [2.45, 2.75) is 32.4 Å². The standard InChI is InChI=1S/C29H22ClF3N2O5/c1-16-24(25(36)18-7-9-20(30)10-8-18)22-12-11-21(39-29(31,32)33)14-23(22)35(16)15-17-5-4-6-19(13-17)28(2)26(37)34(3)27(38)40-28/h4-14H,15H2,1-3H3/t28-/m1/s1. The lowest BCUT2D eigenvalue weighted by atomic mass is 9.93. The SMILES string of the molecule is Cc1c(C(=O)c2ccc(Cl)cc2)c2ccc(OC(F)(F)F)cc2n1Cc1cccc([C@@]2(C)OC(=O)N(C)C2=O)c1. The van der Waals surface area contributed by atoms with Gasteiger partial charge in [-0.3, -0.25) is 9.59 Å². The second kappa shape index (κ2) is 9.71. The molecular weight excluding hydrogens is 549 g/mol. The highest BCUT2D eigenvalue weighted by Crippen LogP contribution is 2.36. The first-order chi connectivity index (χ1) is 18.8. The molecule has 2 heterocycles. The number of amides is 2. The lowest BCUT2D eigenvalue weighted by Crippen LogP contribution is -2.34. The quantitative estimate of drug-likeness (QED) is 0.244. The number of imide groups is 1. The average Bonchev–Trinajstić information content (AvgIpc) is 3.28. The highest BCUT2D eigenvalue weighted by atomic mass is 35.5. The molecule has 0 N–H and O–H groups in total. The van der Waals surface area contributed by atoms with E-state index in [1.54, 1.807) is 60.0 Å². The van der Waals surface area contributed by atoms with Gasteiger partial charge in [-0.1, -0.05) is 29.8 Å². The summed E-state index contributed by atoms with van der Waals surface area (Å²) in [6.07, 6.45) is -5.67. The summed E-state index contributed by atoms with van der Waals surface area (Å²) in [4.78, 5) is 39.2. The molecule has 0 bridgehead atoms. The number of cyclic esters (lactones) is 1. The lowest BCUT2D eigenvalue weighted by Gasteiger charge is -2.21. The van der Waals surface area contributed by atoms with Crippen molar-refractivity contribution in [3.63, 3.8) is 0 Å². The van der Waals surface area contributed by atoms with Crippen molar-refractivity contribution in [2.75, 3.05) is 7.05 Å². The smallest absolute Gasteiger partial charge is 0.428 e. The first-order valence-corrected chi connectivity index (χ1v) is 12.5. The van der Waals surface area contributed by atoms with Crippen LogP contribution < -0.4 is 4.74 Å². The number of carbonyl (C=O) groups excluding carboxylic acids is 3. The van der Waals surface area contributed by atoms with Gasteiger partial charge in [-0.05, 0) is 61.9 Å². The van der Waals surface area contributed by atoms with Crippen molar-refractivity contribution in [3.8, 4) is 5.75 Å². The van der Waals surface area contributed by atoms with Gasteiger partial charge in [0.1, 0.15) is 5.75 Å². The number of alkyl halides is 3. The van der Waals surface area contributed by atoms with E-state index in [2.05, 4.69) is 4.74 Å². The van der Waals surface area contributed by atoms with Crippen LogP contribution in [0.2, 0.25) is 5.02 Å². The topological polar surface area (TPSA) is 77.8 Å². The van der Waals surface area contributed by atoms with Crippen molar-refractivity contribution >= 4 is 40.3 Å². The molecule has 3 aromatic carbocycles. The Kier molecular flexibility index (Phi) is 6.62. The number of likely N-dealkylation sites (N-methyl/N-ethyl adjacent to an activating group) is 1. The molecule has 0 saturated carbocycles. The molecule has 1 atom stereocenters. The molecule has 0 spiro atoms. The first kappa shape index (κ1) is 27.3. The molecule has 0 radical (unpaired) electrons. The van der Waals surface area contributed by atoms with Crippen LogP contribution in [0.15, 0.2) is 66.7 Å². The summed E-state index contributed by atoms with van der Waals surface area (Å²) in [6.45, 7) is 3.33. The molecule has 2 amide bonds. The van der Waals surface area contributed by atoms with Gasteiger partial charge in [-0.25, -0.2) is 9.69 Å². The molecule has 1 aliphatic heterocycles. The Morgan fingerprint density at radius 1 is 1.05 bits per heavy atom. The normalized spacial score (nSPS) is 17.4. The monoisotopic (exact) mass is 570 g/mol. The number of nitrogens with zero attached hydrogens (tertiary/aromatic N) is 2. The van der Waals surface area contributed by atoms with Crippen LogP contribution in [0.3, 0.4) is 0 Å². The van der Waals surface area contributed by atoms with Crippen LogP contribution >= 0.6 is 11.6 Å². The molecule has 206 valence electrons. The minimum absolute atomic E-state index is 0.133. The summed E-state index contributed by atoms with van der Waals surface area (Å²) in [6, 6.07) is 16.9. The molecule has 5 rings (SSSR count). The van der Waals surface area contributed by atoms with E-state index in [0.29, 0.717) is 43.9 Å². The van der Waals surface area contributed by atoms with E-state index in [1.807, 2.05) is 0 Å². The fraction of sp³-hybridized carbons (Fsp3) is 0.207. The number of aromatic nitrogens is 1. The number of ether oxygens (including phenoxy) is 2. The Hall–Kier alpha value is -4.31. The number of carbonyl (C=O) groups is 3. The third kappa shape index (κ3) is 4.79. The second-order valence-electron chi connectivity index (χ2n) is 9.58. The van der Waals surface area contributed by atoms with E-state index in [1.165, 1.54) is 26.1 Å². The van der Waals surface area contributed by atoms with Crippen molar-refractivity contribution < 1.29 is 37.0 Å². The minimum Gasteiger partial charge on any atom is -0.428 e.